The first-order chi connectivity index (χ1) is 20.6. The van der Waals surface area contributed by atoms with Gasteiger partial charge in [-0.05, 0) is 80.8 Å². The maximum absolute atomic E-state index is 14.2. The number of hydrogen-bond acceptors (Lipinski definition) is 0. The van der Waals surface area contributed by atoms with Crippen LogP contribution in [0.3, 0.4) is 0 Å². The lowest BCUT2D eigenvalue weighted by molar-refractivity contribution is 0.464. The number of benzene rings is 5. The van der Waals surface area contributed by atoms with Crippen LogP contribution in [0, 0.1) is 17.6 Å². The first-order valence-corrected chi connectivity index (χ1v) is 14.8. The molecule has 3 atom stereocenters. The normalized spacial score (nSPS) is 21.2. The van der Waals surface area contributed by atoms with Gasteiger partial charge in [-0.1, -0.05) is 122 Å². The fraction of sp³-hybridized carbons (Fsp3) is 0.150. The van der Waals surface area contributed by atoms with Crippen LogP contribution in [0.15, 0.2) is 140 Å². The highest BCUT2D eigenvalue weighted by atomic mass is 19.1. The fourth-order valence-corrected chi connectivity index (χ4v) is 8.45. The molecule has 1 spiro atoms. The molecule has 5 aromatic carbocycles. The van der Waals surface area contributed by atoms with Crippen molar-refractivity contribution in [2.75, 3.05) is 0 Å². The number of hydrogen-bond donors (Lipinski definition) is 0. The van der Waals surface area contributed by atoms with E-state index in [0.29, 0.717) is 5.92 Å². The van der Waals surface area contributed by atoms with E-state index in [2.05, 4.69) is 98.0 Å². The minimum Gasteiger partial charge on any atom is -0.207 e. The number of allylic oxidation sites excluding steroid dienone is 4. The molecule has 3 unspecified atom stereocenters. The standard InChI is InChI=1S/C40H30F2/c1-2-39(26-15-20-29(41)21-16-26,27-17-22-30(42)23-18-27)28-19-24-34-33-11-5-8-14-37(33)40(38(34)25-28)35-12-6-3-9-31(35)32-10-4-7-13-36(32)40/h3-25,31,35H,2H2,1H3. The van der Waals surface area contributed by atoms with E-state index in [9.17, 15) is 8.78 Å². The van der Waals surface area contributed by atoms with Gasteiger partial charge in [0.1, 0.15) is 11.6 Å². The van der Waals surface area contributed by atoms with Crippen LogP contribution in [0.1, 0.15) is 58.2 Å². The first-order valence-electron chi connectivity index (χ1n) is 14.8. The van der Waals surface area contributed by atoms with Crippen LogP contribution in [0.5, 0.6) is 0 Å². The molecule has 0 aliphatic heterocycles. The van der Waals surface area contributed by atoms with Crippen molar-refractivity contribution in [3.8, 4) is 11.1 Å². The van der Waals surface area contributed by atoms with Gasteiger partial charge in [0.2, 0.25) is 0 Å². The number of halogens is 2. The summed E-state index contributed by atoms with van der Waals surface area (Å²) in [5.74, 6) is -0.00173. The first kappa shape index (κ1) is 25.2. The van der Waals surface area contributed by atoms with Crippen LogP contribution < -0.4 is 0 Å². The highest BCUT2D eigenvalue weighted by Crippen LogP contribution is 2.65. The molecule has 0 aromatic heterocycles. The Kier molecular flexibility index (Phi) is 5.53. The quantitative estimate of drug-likeness (QED) is 0.196. The highest BCUT2D eigenvalue weighted by Gasteiger charge is 2.57. The molecule has 0 amide bonds. The van der Waals surface area contributed by atoms with Crippen molar-refractivity contribution >= 4 is 0 Å². The van der Waals surface area contributed by atoms with Gasteiger partial charge in [-0.15, -0.1) is 0 Å². The van der Waals surface area contributed by atoms with E-state index < -0.39 is 5.41 Å². The van der Waals surface area contributed by atoms with Crippen molar-refractivity contribution in [1.82, 2.24) is 0 Å². The summed E-state index contributed by atoms with van der Waals surface area (Å²) in [6.45, 7) is 2.17. The van der Waals surface area contributed by atoms with Crippen molar-refractivity contribution in [2.24, 2.45) is 5.92 Å². The zero-order chi connectivity index (χ0) is 28.5. The van der Waals surface area contributed by atoms with Gasteiger partial charge in [-0.25, -0.2) is 8.78 Å². The molecule has 0 saturated carbocycles. The minimum absolute atomic E-state index is 0.241. The van der Waals surface area contributed by atoms with Gasteiger partial charge in [0.25, 0.3) is 0 Å². The Morgan fingerprint density at radius 2 is 1.17 bits per heavy atom. The third-order valence-corrected chi connectivity index (χ3v) is 10.2. The third-order valence-electron chi connectivity index (χ3n) is 10.2. The van der Waals surface area contributed by atoms with Crippen molar-refractivity contribution in [3.63, 3.8) is 0 Å². The molecule has 0 bridgehead atoms. The Morgan fingerprint density at radius 1 is 0.595 bits per heavy atom. The second kappa shape index (κ2) is 9.22. The largest absolute Gasteiger partial charge is 0.207 e. The topological polar surface area (TPSA) is 0 Å². The monoisotopic (exact) mass is 548 g/mol. The predicted molar refractivity (Wildman–Crippen MR) is 166 cm³/mol. The fourth-order valence-electron chi connectivity index (χ4n) is 8.45. The maximum atomic E-state index is 14.2. The Bertz CT molecular complexity index is 1850. The molecule has 8 rings (SSSR count). The van der Waals surface area contributed by atoms with Crippen LogP contribution in [-0.4, -0.2) is 0 Å². The molecule has 0 radical (unpaired) electrons. The summed E-state index contributed by atoms with van der Waals surface area (Å²) in [5, 5.41) is 0. The van der Waals surface area contributed by atoms with Crippen molar-refractivity contribution in [3.05, 3.63) is 190 Å². The Labute approximate surface area is 245 Å². The average Bonchev–Trinajstić information content (AvgIpc) is 3.50. The van der Waals surface area contributed by atoms with Gasteiger partial charge in [0.05, 0.1) is 5.41 Å². The molecule has 0 heterocycles. The van der Waals surface area contributed by atoms with Crippen LogP contribution in [0.4, 0.5) is 8.78 Å². The van der Waals surface area contributed by atoms with Gasteiger partial charge < -0.3 is 0 Å². The van der Waals surface area contributed by atoms with Gasteiger partial charge >= 0.3 is 0 Å². The summed E-state index contributed by atoms with van der Waals surface area (Å²) in [7, 11) is 0. The van der Waals surface area contributed by atoms with Crippen molar-refractivity contribution < 1.29 is 8.78 Å². The Morgan fingerprint density at radius 3 is 1.86 bits per heavy atom. The van der Waals surface area contributed by atoms with Gasteiger partial charge in [0, 0.05) is 17.3 Å². The average molecular weight is 549 g/mol. The maximum Gasteiger partial charge on any atom is 0.123 e. The van der Waals surface area contributed by atoms with Crippen molar-refractivity contribution in [1.29, 1.82) is 0 Å². The second-order valence-corrected chi connectivity index (χ2v) is 11.8. The van der Waals surface area contributed by atoms with E-state index in [1.165, 1.54) is 57.6 Å². The smallest absolute Gasteiger partial charge is 0.123 e. The van der Waals surface area contributed by atoms with E-state index >= 15 is 0 Å². The lowest BCUT2D eigenvalue weighted by Gasteiger charge is -2.39. The zero-order valence-corrected chi connectivity index (χ0v) is 23.4. The number of rotatable bonds is 4. The van der Waals surface area contributed by atoms with Crippen molar-refractivity contribution in [2.45, 2.75) is 30.1 Å². The molecule has 3 aliphatic rings. The summed E-state index contributed by atoms with van der Waals surface area (Å²) in [5.41, 5.74) is 10.1. The molecule has 204 valence electrons. The summed E-state index contributed by atoms with van der Waals surface area (Å²) < 4.78 is 28.4. The van der Waals surface area contributed by atoms with Crippen LogP contribution in [0.2, 0.25) is 0 Å². The molecule has 3 aliphatic carbocycles. The Hall–Kier alpha value is -4.56. The zero-order valence-electron chi connectivity index (χ0n) is 23.4. The van der Waals surface area contributed by atoms with E-state index in [4.69, 9.17) is 0 Å². The second-order valence-electron chi connectivity index (χ2n) is 11.8. The van der Waals surface area contributed by atoms with E-state index in [-0.39, 0.29) is 23.0 Å². The summed E-state index contributed by atoms with van der Waals surface area (Å²) in [4.78, 5) is 0. The molecule has 0 saturated heterocycles. The SMILES string of the molecule is CCC(c1ccc(F)cc1)(c1ccc(F)cc1)c1ccc2c(c1)C1(c3ccccc3-2)c2ccccc2C2C=CC=CC21. The molecule has 5 aromatic rings. The molecular formula is C40H30F2. The van der Waals surface area contributed by atoms with Gasteiger partial charge in [0.15, 0.2) is 0 Å². The molecule has 2 heteroatoms. The molecule has 42 heavy (non-hydrogen) atoms. The lowest BCUT2D eigenvalue weighted by Crippen LogP contribution is -2.34. The van der Waals surface area contributed by atoms with Crippen LogP contribution in [-0.2, 0) is 10.8 Å². The predicted octanol–water partition coefficient (Wildman–Crippen LogP) is 9.86. The number of fused-ring (bicyclic) bond motifs is 10. The Balaban J connectivity index is 1.45. The molecule has 0 fully saturated rings. The lowest BCUT2D eigenvalue weighted by atomic mass is 9.63. The molecule has 0 nitrogen and oxygen atoms in total. The third kappa shape index (κ3) is 3.21. The van der Waals surface area contributed by atoms with Crippen LogP contribution >= 0.6 is 0 Å². The summed E-state index contributed by atoms with van der Waals surface area (Å²) in [6.07, 6.45) is 9.87. The van der Waals surface area contributed by atoms with Gasteiger partial charge in [-0.2, -0.15) is 0 Å². The van der Waals surface area contributed by atoms with E-state index in [1.807, 2.05) is 24.3 Å². The van der Waals surface area contributed by atoms with Gasteiger partial charge in [-0.3, -0.25) is 0 Å². The van der Waals surface area contributed by atoms with Crippen LogP contribution in [0.25, 0.3) is 11.1 Å². The molecular weight excluding hydrogens is 518 g/mol. The summed E-state index contributed by atoms with van der Waals surface area (Å²) in [6, 6.07) is 38.4. The molecule has 0 N–H and O–H groups in total. The van der Waals surface area contributed by atoms with E-state index in [1.54, 1.807) is 0 Å². The van der Waals surface area contributed by atoms with E-state index in [0.717, 1.165) is 23.1 Å². The minimum atomic E-state index is -0.591. The summed E-state index contributed by atoms with van der Waals surface area (Å²) >= 11 is 0. The highest BCUT2D eigenvalue weighted by molar-refractivity contribution is 5.86.